The molecule has 28 heavy (non-hydrogen) atoms. The van der Waals surface area contributed by atoms with Gasteiger partial charge in [0, 0.05) is 11.6 Å². The van der Waals surface area contributed by atoms with E-state index < -0.39 is 11.7 Å². The maximum Gasteiger partial charge on any atom is 0.418 e. The third-order valence-electron chi connectivity index (χ3n) is 4.46. The van der Waals surface area contributed by atoms with Gasteiger partial charge >= 0.3 is 6.18 Å². The van der Waals surface area contributed by atoms with Gasteiger partial charge in [-0.2, -0.15) is 13.2 Å². The molecule has 1 saturated heterocycles. The van der Waals surface area contributed by atoms with Crippen LogP contribution in [0.15, 0.2) is 36.5 Å². The normalized spacial score (nSPS) is 18.0. The summed E-state index contributed by atoms with van der Waals surface area (Å²) < 4.78 is 44.8. The minimum absolute atomic E-state index is 0.00331. The number of amides is 1. The monoisotopic (exact) mass is 413 g/mol. The summed E-state index contributed by atoms with van der Waals surface area (Å²) in [7, 11) is 0. The van der Waals surface area contributed by atoms with Crippen molar-refractivity contribution in [2.45, 2.75) is 25.6 Å². The maximum absolute atomic E-state index is 13.2. The summed E-state index contributed by atoms with van der Waals surface area (Å²) in [5.74, 6) is -0.251. The van der Waals surface area contributed by atoms with Gasteiger partial charge in [-0.1, -0.05) is 11.6 Å². The summed E-state index contributed by atoms with van der Waals surface area (Å²) in [6.07, 6.45) is -2.42. The van der Waals surface area contributed by atoms with Crippen LogP contribution in [0.3, 0.4) is 0 Å². The van der Waals surface area contributed by atoms with Crippen molar-refractivity contribution in [1.29, 1.82) is 0 Å². The Hall–Kier alpha value is -2.32. The lowest BCUT2D eigenvalue weighted by atomic mass is 10.1. The number of ether oxygens (including phenoxy) is 1. The summed E-state index contributed by atoms with van der Waals surface area (Å²) in [5, 5.41) is 5.59. The molecule has 0 aliphatic carbocycles. The number of aromatic nitrogens is 1. The fraction of sp³-hybridized carbons (Fsp3) is 0.368. The average molecular weight is 414 g/mol. The topological polar surface area (TPSA) is 63.2 Å². The summed E-state index contributed by atoms with van der Waals surface area (Å²) in [5.41, 5.74) is 0.0155. The van der Waals surface area contributed by atoms with Crippen LogP contribution in [0.5, 0.6) is 0 Å². The Labute approximate surface area is 165 Å². The molecular formula is C19H19ClF3N3O2. The van der Waals surface area contributed by atoms with Gasteiger partial charge in [0.1, 0.15) is 0 Å². The summed E-state index contributed by atoms with van der Waals surface area (Å²) >= 11 is 5.69. The molecule has 3 rings (SSSR count). The van der Waals surface area contributed by atoms with Crippen molar-refractivity contribution in [2.75, 3.05) is 18.5 Å². The number of rotatable bonds is 5. The number of nitrogens with zero attached hydrogens (tertiary/aromatic N) is 1. The van der Waals surface area contributed by atoms with Gasteiger partial charge in [-0.25, -0.2) is 0 Å². The number of pyridine rings is 1. The molecule has 2 atom stereocenters. The molecule has 2 N–H and O–H groups in total. The number of halogens is 4. The Bertz CT molecular complexity index is 837. The fourth-order valence-electron chi connectivity index (χ4n) is 2.90. The predicted molar refractivity (Wildman–Crippen MR) is 99.5 cm³/mol. The first-order chi connectivity index (χ1) is 13.2. The molecule has 1 aliphatic heterocycles. The largest absolute Gasteiger partial charge is 0.418 e. The van der Waals surface area contributed by atoms with E-state index in [4.69, 9.17) is 16.3 Å². The highest BCUT2D eigenvalue weighted by molar-refractivity contribution is 6.30. The second-order valence-electron chi connectivity index (χ2n) is 6.58. The summed E-state index contributed by atoms with van der Waals surface area (Å²) in [6, 6.07) is 6.45. The lowest BCUT2D eigenvalue weighted by Gasteiger charge is -2.17. The Kier molecular flexibility index (Phi) is 6.10. The number of hydrogen-bond donors (Lipinski definition) is 2. The van der Waals surface area contributed by atoms with Crippen LogP contribution in [-0.4, -0.2) is 24.1 Å². The Morgan fingerprint density at radius 2 is 2.11 bits per heavy atom. The van der Waals surface area contributed by atoms with Gasteiger partial charge < -0.3 is 15.4 Å². The molecule has 0 saturated carbocycles. The number of hydrogen-bond acceptors (Lipinski definition) is 4. The number of carbonyl (C=O) groups excluding carboxylic acids is 1. The van der Waals surface area contributed by atoms with Crippen molar-refractivity contribution >= 4 is 28.9 Å². The molecule has 150 valence electrons. The molecule has 0 spiro atoms. The highest BCUT2D eigenvalue weighted by Gasteiger charge is 2.34. The molecule has 0 bridgehead atoms. The second-order valence-corrected chi connectivity index (χ2v) is 7.01. The Morgan fingerprint density at radius 1 is 1.32 bits per heavy atom. The van der Waals surface area contributed by atoms with E-state index in [2.05, 4.69) is 15.6 Å². The van der Waals surface area contributed by atoms with Crippen LogP contribution in [0.25, 0.3) is 0 Å². The first-order valence-electron chi connectivity index (χ1n) is 8.72. The number of anilines is 2. The van der Waals surface area contributed by atoms with Crippen LogP contribution >= 0.6 is 11.6 Å². The first kappa shape index (κ1) is 20.4. The van der Waals surface area contributed by atoms with Crippen molar-refractivity contribution < 1.29 is 22.7 Å². The molecule has 0 radical (unpaired) electrons. The number of alkyl halides is 3. The van der Waals surface area contributed by atoms with E-state index >= 15 is 0 Å². The minimum atomic E-state index is -4.54. The summed E-state index contributed by atoms with van der Waals surface area (Å²) in [6.45, 7) is 2.79. The Morgan fingerprint density at radius 3 is 2.71 bits per heavy atom. The molecule has 1 unspecified atom stereocenters. The lowest BCUT2D eigenvalue weighted by molar-refractivity contribution is -0.137. The molecule has 2 heterocycles. The van der Waals surface area contributed by atoms with E-state index in [0.29, 0.717) is 31.0 Å². The van der Waals surface area contributed by atoms with Gasteiger partial charge in [-0.15, -0.1) is 0 Å². The van der Waals surface area contributed by atoms with Crippen molar-refractivity contribution in [2.24, 2.45) is 5.92 Å². The highest BCUT2D eigenvalue weighted by atomic mass is 35.5. The molecule has 1 aromatic heterocycles. The van der Waals surface area contributed by atoms with Crippen LogP contribution in [-0.2, 0) is 15.7 Å². The van der Waals surface area contributed by atoms with E-state index in [0.717, 1.165) is 6.07 Å². The van der Waals surface area contributed by atoms with Crippen LogP contribution < -0.4 is 10.6 Å². The second kappa shape index (κ2) is 8.36. The maximum atomic E-state index is 13.2. The van der Waals surface area contributed by atoms with Crippen LogP contribution in [0.4, 0.5) is 24.5 Å². The number of benzene rings is 1. The van der Waals surface area contributed by atoms with E-state index in [1.54, 1.807) is 19.1 Å². The van der Waals surface area contributed by atoms with Crippen molar-refractivity contribution in [3.8, 4) is 0 Å². The molecule has 9 heteroatoms. The van der Waals surface area contributed by atoms with E-state index in [1.807, 2.05) is 0 Å². The lowest BCUT2D eigenvalue weighted by Crippen LogP contribution is -2.33. The number of nitrogens with one attached hydrogen (secondary N) is 2. The Balaban J connectivity index is 1.69. The third kappa shape index (κ3) is 4.94. The SMILES string of the molecule is CC(NC(=O)[C@@H]1CCOC1)c1ccc(Nc2ccc(Cl)cc2C(F)(F)F)cn1. The van der Waals surface area contributed by atoms with E-state index in [9.17, 15) is 18.0 Å². The molecule has 1 fully saturated rings. The van der Waals surface area contributed by atoms with Gasteiger partial charge in [0.2, 0.25) is 5.91 Å². The zero-order valence-electron chi connectivity index (χ0n) is 15.0. The fourth-order valence-corrected chi connectivity index (χ4v) is 3.07. The van der Waals surface area contributed by atoms with E-state index in [1.165, 1.54) is 18.3 Å². The zero-order valence-corrected chi connectivity index (χ0v) is 15.8. The van der Waals surface area contributed by atoms with Gasteiger partial charge in [0.15, 0.2) is 0 Å². The van der Waals surface area contributed by atoms with Gasteiger partial charge in [-0.3, -0.25) is 9.78 Å². The van der Waals surface area contributed by atoms with Gasteiger partial charge in [0.25, 0.3) is 0 Å². The summed E-state index contributed by atoms with van der Waals surface area (Å²) in [4.78, 5) is 16.4. The average Bonchev–Trinajstić information content (AvgIpc) is 3.18. The van der Waals surface area contributed by atoms with Crippen molar-refractivity contribution in [1.82, 2.24) is 10.3 Å². The smallest absolute Gasteiger partial charge is 0.381 e. The van der Waals surface area contributed by atoms with Gasteiger partial charge in [0.05, 0.1) is 47.4 Å². The van der Waals surface area contributed by atoms with Crippen LogP contribution in [0, 0.1) is 5.92 Å². The predicted octanol–water partition coefficient (Wildman–Crippen LogP) is 4.71. The molecule has 1 aromatic carbocycles. The molecule has 1 amide bonds. The van der Waals surface area contributed by atoms with Crippen molar-refractivity contribution in [3.05, 3.63) is 52.8 Å². The molecule has 5 nitrogen and oxygen atoms in total. The molecule has 2 aromatic rings. The quantitative estimate of drug-likeness (QED) is 0.745. The van der Waals surface area contributed by atoms with Crippen LogP contribution in [0.1, 0.15) is 30.6 Å². The minimum Gasteiger partial charge on any atom is -0.381 e. The van der Waals surface area contributed by atoms with Gasteiger partial charge in [-0.05, 0) is 43.7 Å². The van der Waals surface area contributed by atoms with Crippen LogP contribution in [0.2, 0.25) is 5.02 Å². The number of carbonyl (C=O) groups is 1. The van der Waals surface area contributed by atoms with Crippen molar-refractivity contribution in [3.63, 3.8) is 0 Å². The molecule has 1 aliphatic rings. The zero-order chi connectivity index (χ0) is 20.3. The molecular weight excluding hydrogens is 395 g/mol. The van der Waals surface area contributed by atoms with E-state index in [-0.39, 0.29) is 28.6 Å². The standard InChI is InChI=1S/C19H19ClF3N3O2/c1-11(25-18(27)12-6-7-28-10-12)16-5-3-14(9-24-16)26-17-4-2-13(20)8-15(17)19(21,22)23/h2-5,8-9,11-12,26H,6-7,10H2,1H3,(H,25,27)/t11?,12-/m1/s1. The highest BCUT2D eigenvalue weighted by Crippen LogP contribution is 2.37. The first-order valence-corrected chi connectivity index (χ1v) is 9.09. The third-order valence-corrected chi connectivity index (χ3v) is 4.69.